The first kappa shape index (κ1) is 26.7. The zero-order valence-electron chi connectivity index (χ0n) is 20.9. The highest BCUT2D eigenvalue weighted by molar-refractivity contribution is 7.15. The number of aliphatic imine (C=N–C) groups is 1. The van der Waals surface area contributed by atoms with E-state index in [4.69, 9.17) is 21.3 Å². The number of carbonyl (C=O) groups is 1. The molecule has 0 aliphatic carbocycles. The highest BCUT2D eigenvalue weighted by atomic mass is 35.5. The van der Waals surface area contributed by atoms with Gasteiger partial charge in [0.2, 0.25) is 0 Å². The van der Waals surface area contributed by atoms with Gasteiger partial charge in [-0.15, -0.1) is 21.5 Å². The minimum absolute atomic E-state index is 0.225. The second-order valence-electron chi connectivity index (χ2n) is 8.34. The van der Waals surface area contributed by atoms with Crippen LogP contribution in [0.15, 0.2) is 29.3 Å². The van der Waals surface area contributed by atoms with Crippen molar-refractivity contribution in [1.29, 1.82) is 0 Å². The van der Waals surface area contributed by atoms with Crippen LogP contribution in [0.1, 0.15) is 74.8 Å². The molecule has 0 amide bonds. The van der Waals surface area contributed by atoms with Gasteiger partial charge in [-0.1, -0.05) is 37.6 Å². The fourth-order valence-corrected chi connectivity index (χ4v) is 4.67. The number of esters is 1. The Kier molecular flexibility index (Phi) is 8.97. The Balaban J connectivity index is 0.000000330. The number of aryl methyl sites for hydroxylation is 2. The molecule has 0 radical (unpaired) electrons. The minimum Gasteiger partial charge on any atom is -0.460 e. The second-order valence-corrected chi connectivity index (χ2v) is 9.98. The molecule has 3 heterocycles. The summed E-state index contributed by atoms with van der Waals surface area (Å²) in [7, 11) is 0. The lowest BCUT2D eigenvalue weighted by Crippen LogP contribution is -2.21. The standard InChI is InChI=1S/C17H15ClN4S.C6H12O2.C2H6/c1-9-10(2)23-17-15(9)16(12-4-6-13(18)7-5-12)19-8-14-21-20-11(3)22(14)17;1-5(7)8-6(2,3)4;1-2/h4-7H,8H2,1-3H3;1-4H3;1-2H3. The SMILES string of the molecule is CC.CC(=O)OC(C)(C)C.Cc1sc2c(c1C)C(c1ccc(Cl)cc1)=NCc1nnc(C)n1-2. The number of nitrogens with zero attached hydrogens (tertiary/aromatic N) is 4. The van der Waals surface area contributed by atoms with Crippen molar-refractivity contribution in [2.24, 2.45) is 4.99 Å². The van der Waals surface area contributed by atoms with Crippen molar-refractivity contribution < 1.29 is 9.53 Å². The molecule has 0 atom stereocenters. The third kappa shape index (κ3) is 6.51. The van der Waals surface area contributed by atoms with Gasteiger partial charge in [-0.2, -0.15) is 0 Å². The first-order valence-electron chi connectivity index (χ1n) is 11.0. The molecule has 1 aliphatic rings. The summed E-state index contributed by atoms with van der Waals surface area (Å²) < 4.78 is 6.93. The normalized spacial score (nSPS) is 12.1. The third-order valence-corrected chi connectivity index (χ3v) is 6.09. The molecule has 8 heteroatoms. The number of halogens is 1. The zero-order valence-corrected chi connectivity index (χ0v) is 22.5. The van der Waals surface area contributed by atoms with Crippen LogP contribution in [-0.4, -0.2) is 32.0 Å². The molecule has 0 fully saturated rings. The zero-order chi connectivity index (χ0) is 24.9. The summed E-state index contributed by atoms with van der Waals surface area (Å²) in [6, 6.07) is 7.86. The van der Waals surface area contributed by atoms with E-state index in [1.165, 1.54) is 22.9 Å². The highest BCUT2D eigenvalue weighted by Crippen LogP contribution is 2.36. The van der Waals surface area contributed by atoms with E-state index >= 15 is 0 Å². The van der Waals surface area contributed by atoms with Crippen molar-refractivity contribution in [3.63, 3.8) is 0 Å². The van der Waals surface area contributed by atoms with Crippen LogP contribution in [0.3, 0.4) is 0 Å². The summed E-state index contributed by atoms with van der Waals surface area (Å²) in [5.41, 5.74) is 4.19. The van der Waals surface area contributed by atoms with Crippen molar-refractivity contribution in [2.45, 2.75) is 74.5 Å². The van der Waals surface area contributed by atoms with Gasteiger partial charge in [-0.3, -0.25) is 14.4 Å². The molecule has 4 rings (SSSR count). The number of fused-ring (bicyclic) bond motifs is 3. The number of thiophene rings is 1. The molecule has 0 saturated heterocycles. The van der Waals surface area contributed by atoms with E-state index in [1.54, 1.807) is 11.3 Å². The van der Waals surface area contributed by atoms with Crippen molar-refractivity contribution in [3.05, 3.63) is 62.5 Å². The largest absolute Gasteiger partial charge is 0.460 e. The summed E-state index contributed by atoms with van der Waals surface area (Å²) in [6.07, 6.45) is 0. The van der Waals surface area contributed by atoms with Gasteiger partial charge in [0, 0.05) is 28.0 Å². The van der Waals surface area contributed by atoms with Crippen LogP contribution in [0, 0.1) is 20.8 Å². The molecular weight excluding hydrogens is 456 g/mol. The Morgan fingerprint density at radius 1 is 1.09 bits per heavy atom. The summed E-state index contributed by atoms with van der Waals surface area (Å²) >= 11 is 7.80. The molecule has 0 saturated carbocycles. The molecule has 0 bridgehead atoms. The monoisotopic (exact) mass is 488 g/mol. The van der Waals surface area contributed by atoms with Gasteiger partial charge in [0.05, 0.1) is 5.71 Å². The van der Waals surface area contributed by atoms with Gasteiger partial charge in [0.15, 0.2) is 5.82 Å². The van der Waals surface area contributed by atoms with E-state index in [2.05, 4.69) is 28.6 Å². The average molecular weight is 489 g/mol. The number of carbonyl (C=O) groups excluding carboxylic acids is 1. The van der Waals surface area contributed by atoms with Crippen LogP contribution >= 0.6 is 22.9 Å². The van der Waals surface area contributed by atoms with Crippen molar-refractivity contribution in [1.82, 2.24) is 14.8 Å². The van der Waals surface area contributed by atoms with E-state index in [1.807, 2.05) is 65.8 Å². The third-order valence-electron chi connectivity index (χ3n) is 4.64. The summed E-state index contributed by atoms with van der Waals surface area (Å²) in [6.45, 7) is 17.7. The number of rotatable bonds is 1. The maximum Gasteiger partial charge on any atom is 0.303 e. The van der Waals surface area contributed by atoms with Gasteiger partial charge in [0.25, 0.3) is 0 Å². The van der Waals surface area contributed by atoms with Crippen LogP contribution in [0.25, 0.3) is 5.00 Å². The highest BCUT2D eigenvalue weighted by Gasteiger charge is 2.26. The van der Waals surface area contributed by atoms with Crippen molar-refractivity contribution >= 4 is 34.6 Å². The smallest absolute Gasteiger partial charge is 0.303 e. The molecule has 2 aromatic heterocycles. The van der Waals surface area contributed by atoms with Crippen LogP contribution in [0.5, 0.6) is 0 Å². The minimum atomic E-state index is -0.328. The molecular formula is C25H33ClN4O2S. The molecule has 6 nitrogen and oxygen atoms in total. The molecule has 178 valence electrons. The predicted molar refractivity (Wildman–Crippen MR) is 137 cm³/mol. The number of hydrogen-bond donors (Lipinski definition) is 0. The second kappa shape index (κ2) is 11.1. The van der Waals surface area contributed by atoms with Crippen molar-refractivity contribution in [2.75, 3.05) is 0 Å². The van der Waals surface area contributed by atoms with E-state index in [0.717, 1.165) is 32.9 Å². The molecule has 33 heavy (non-hydrogen) atoms. The van der Waals surface area contributed by atoms with Crippen LogP contribution in [0.4, 0.5) is 0 Å². The molecule has 0 spiro atoms. The van der Waals surface area contributed by atoms with E-state index in [9.17, 15) is 4.79 Å². The summed E-state index contributed by atoms with van der Waals surface area (Å²) in [4.78, 5) is 16.4. The maximum atomic E-state index is 10.2. The first-order chi connectivity index (χ1) is 15.5. The average Bonchev–Trinajstić information content (AvgIpc) is 3.17. The van der Waals surface area contributed by atoms with Gasteiger partial charge < -0.3 is 4.74 Å². The molecule has 0 N–H and O–H groups in total. The van der Waals surface area contributed by atoms with E-state index in [0.29, 0.717) is 6.54 Å². The Morgan fingerprint density at radius 3 is 2.21 bits per heavy atom. The molecule has 0 unspecified atom stereocenters. The lowest BCUT2D eigenvalue weighted by Gasteiger charge is -2.17. The lowest BCUT2D eigenvalue weighted by molar-refractivity contribution is -0.151. The van der Waals surface area contributed by atoms with Gasteiger partial charge in [-0.25, -0.2) is 0 Å². The number of hydrogen-bond acceptors (Lipinski definition) is 6. The fraction of sp³-hybridized carbons (Fsp3) is 0.440. The Morgan fingerprint density at radius 2 is 1.70 bits per heavy atom. The van der Waals surface area contributed by atoms with Gasteiger partial charge in [-0.05, 0) is 59.2 Å². The Bertz CT molecular complexity index is 1140. The first-order valence-corrected chi connectivity index (χ1v) is 12.2. The fourth-order valence-electron chi connectivity index (χ4n) is 3.32. The van der Waals surface area contributed by atoms with E-state index < -0.39 is 0 Å². The maximum absolute atomic E-state index is 10.2. The van der Waals surface area contributed by atoms with Crippen LogP contribution in [0.2, 0.25) is 5.02 Å². The van der Waals surface area contributed by atoms with Crippen LogP contribution < -0.4 is 0 Å². The summed E-state index contributed by atoms with van der Waals surface area (Å²) in [5, 5.41) is 10.4. The topological polar surface area (TPSA) is 69.4 Å². The number of ether oxygens (including phenoxy) is 1. The molecule has 3 aromatic rings. The van der Waals surface area contributed by atoms with Gasteiger partial charge in [0.1, 0.15) is 23.0 Å². The number of aromatic nitrogens is 3. The quantitative estimate of drug-likeness (QED) is 0.360. The van der Waals surface area contributed by atoms with E-state index in [-0.39, 0.29) is 11.6 Å². The molecule has 1 aromatic carbocycles. The number of benzene rings is 1. The van der Waals surface area contributed by atoms with Crippen LogP contribution in [-0.2, 0) is 16.1 Å². The Labute approximate surface area is 205 Å². The summed E-state index contributed by atoms with van der Waals surface area (Å²) in [5.74, 6) is 1.56. The predicted octanol–water partition coefficient (Wildman–Crippen LogP) is 6.63. The van der Waals surface area contributed by atoms with Crippen molar-refractivity contribution in [3.8, 4) is 5.00 Å². The van der Waals surface area contributed by atoms with Gasteiger partial charge >= 0.3 is 5.97 Å². The Hall–Kier alpha value is -2.51. The lowest BCUT2D eigenvalue weighted by atomic mass is 10.00. The molecule has 1 aliphatic heterocycles.